The summed E-state index contributed by atoms with van der Waals surface area (Å²) in [6, 6.07) is 6.87. The average Bonchev–Trinajstić information content (AvgIpc) is 2.83. The molecule has 0 saturated heterocycles. The van der Waals surface area contributed by atoms with Crippen LogP contribution in [-0.2, 0) is 6.61 Å². The highest BCUT2D eigenvalue weighted by Crippen LogP contribution is 2.23. The Morgan fingerprint density at radius 1 is 1.40 bits per heavy atom. The number of nitrogens with one attached hydrogen (secondary N) is 1. The molecule has 0 amide bonds. The molecule has 0 radical (unpaired) electrons. The monoisotopic (exact) mass is 278 g/mol. The third-order valence-corrected chi connectivity index (χ3v) is 3.01. The second-order valence-electron chi connectivity index (χ2n) is 4.69. The van der Waals surface area contributed by atoms with E-state index in [1.807, 2.05) is 26.8 Å². The molecule has 2 rings (SSSR count). The lowest BCUT2D eigenvalue weighted by Gasteiger charge is -2.14. The highest BCUT2D eigenvalue weighted by molar-refractivity contribution is 5.31. The Morgan fingerprint density at radius 3 is 2.80 bits per heavy atom. The van der Waals surface area contributed by atoms with Gasteiger partial charge in [0.05, 0.1) is 5.69 Å². The van der Waals surface area contributed by atoms with Crippen LogP contribution in [0.5, 0.6) is 5.75 Å². The molecule has 0 aliphatic heterocycles. The van der Waals surface area contributed by atoms with Crippen molar-refractivity contribution in [2.75, 3.05) is 6.54 Å². The molecule has 0 aliphatic carbocycles. The number of aromatic nitrogens is 1. The van der Waals surface area contributed by atoms with Crippen molar-refractivity contribution in [3.8, 4) is 5.75 Å². The average molecular weight is 278 g/mol. The number of hydrogen-bond donors (Lipinski definition) is 1. The summed E-state index contributed by atoms with van der Waals surface area (Å²) in [5.74, 6) is 0.419. The van der Waals surface area contributed by atoms with Crippen LogP contribution in [0.4, 0.5) is 4.39 Å². The lowest BCUT2D eigenvalue weighted by atomic mass is 10.1. The van der Waals surface area contributed by atoms with Crippen molar-refractivity contribution < 1.29 is 13.7 Å². The molecule has 1 aromatic carbocycles. The molecule has 20 heavy (non-hydrogen) atoms. The molecule has 1 unspecified atom stereocenters. The van der Waals surface area contributed by atoms with Crippen LogP contribution in [0, 0.1) is 12.7 Å². The summed E-state index contributed by atoms with van der Waals surface area (Å²) in [4.78, 5) is 0. The van der Waals surface area contributed by atoms with Crippen molar-refractivity contribution in [2.45, 2.75) is 33.4 Å². The quantitative estimate of drug-likeness (QED) is 0.880. The fraction of sp³-hybridized carbons (Fsp3) is 0.400. The van der Waals surface area contributed by atoms with E-state index >= 15 is 0 Å². The van der Waals surface area contributed by atoms with E-state index in [2.05, 4.69) is 10.5 Å². The van der Waals surface area contributed by atoms with Gasteiger partial charge in [-0.1, -0.05) is 18.1 Å². The second kappa shape index (κ2) is 6.52. The van der Waals surface area contributed by atoms with E-state index in [0.717, 1.165) is 17.8 Å². The Labute approximate surface area is 117 Å². The molecule has 1 N–H and O–H groups in total. The predicted molar refractivity (Wildman–Crippen MR) is 74.1 cm³/mol. The second-order valence-corrected chi connectivity index (χ2v) is 4.69. The standard InChI is InChI=1S/C15H19FN2O2/c1-4-17-11(3)12-5-6-15(14(16)8-12)19-9-13-7-10(2)18-20-13/h5-8,11,17H,4,9H2,1-3H3. The van der Waals surface area contributed by atoms with Crippen LogP contribution in [0.1, 0.15) is 36.9 Å². The van der Waals surface area contributed by atoms with Gasteiger partial charge in [-0.15, -0.1) is 0 Å². The van der Waals surface area contributed by atoms with Crippen molar-refractivity contribution >= 4 is 0 Å². The molecule has 2 aromatic rings. The minimum absolute atomic E-state index is 0.112. The molecular formula is C15H19FN2O2. The zero-order valence-corrected chi connectivity index (χ0v) is 11.9. The fourth-order valence-electron chi connectivity index (χ4n) is 1.96. The maximum absolute atomic E-state index is 14.0. The van der Waals surface area contributed by atoms with Gasteiger partial charge in [-0.05, 0) is 38.1 Å². The molecule has 108 valence electrons. The summed E-state index contributed by atoms with van der Waals surface area (Å²) in [5, 5.41) is 6.99. The summed E-state index contributed by atoms with van der Waals surface area (Å²) in [5.41, 5.74) is 1.67. The van der Waals surface area contributed by atoms with E-state index in [1.54, 1.807) is 12.1 Å². The van der Waals surface area contributed by atoms with E-state index in [4.69, 9.17) is 9.26 Å². The molecule has 1 heterocycles. The maximum Gasteiger partial charge on any atom is 0.174 e. The first-order valence-electron chi connectivity index (χ1n) is 6.68. The third kappa shape index (κ3) is 3.57. The van der Waals surface area contributed by atoms with Crippen LogP contribution >= 0.6 is 0 Å². The summed E-state index contributed by atoms with van der Waals surface area (Å²) >= 11 is 0. The number of aryl methyl sites for hydroxylation is 1. The summed E-state index contributed by atoms with van der Waals surface area (Å²) in [7, 11) is 0. The highest BCUT2D eigenvalue weighted by atomic mass is 19.1. The first-order chi connectivity index (χ1) is 9.60. The Balaban J connectivity index is 2.02. The summed E-state index contributed by atoms with van der Waals surface area (Å²) < 4.78 is 24.4. The fourth-order valence-corrected chi connectivity index (χ4v) is 1.96. The van der Waals surface area contributed by atoms with Crippen LogP contribution < -0.4 is 10.1 Å². The first kappa shape index (κ1) is 14.5. The van der Waals surface area contributed by atoms with E-state index in [-0.39, 0.29) is 24.2 Å². The molecule has 4 nitrogen and oxygen atoms in total. The van der Waals surface area contributed by atoms with Crippen LogP contribution in [0.25, 0.3) is 0 Å². The molecule has 0 bridgehead atoms. The van der Waals surface area contributed by atoms with Crippen molar-refractivity contribution in [1.82, 2.24) is 10.5 Å². The van der Waals surface area contributed by atoms with E-state index in [1.165, 1.54) is 6.07 Å². The SMILES string of the molecule is CCNC(C)c1ccc(OCc2cc(C)no2)c(F)c1. The van der Waals surface area contributed by atoms with Gasteiger partial charge in [0, 0.05) is 12.1 Å². The topological polar surface area (TPSA) is 47.3 Å². The van der Waals surface area contributed by atoms with Crippen LogP contribution in [-0.4, -0.2) is 11.7 Å². The Morgan fingerprint density at radius 2 is 2.20 bits per heavy atom. The number of halogens is 1. The van der Waals surface area contributed by atoms with Crippen molar-refractivity contribution in [2.24, 2.45) is 0 Å². The third-order valence-electron chi connectivity index (χ3n) is 3.01. The van der Waals surface area contributed by atoms with Crippen LogP contribution in [0.15, 0.2) is 28.8 Å². The largest absolute Gasteiger partial charge is 0.482 e. The summed E-state index contributed by atoms with van der Waals surface area (Å²) in [6.07, 6.45) is 0. The van der Waals surface area contributed by atoms with Gasteiger partial charge in [-0.25, -0.2) is 4.39 Å². The Bertz CT molecular complexity index is 569. The molecule has 1 atom stereocenters. The van der Waals surface area contributed by atoms with Gasteiger partial charge < -0.3 is 14.6 Å². The number of hydrogen-bond acceptors (Lipinski definition) is 4. The first-order valence-corrected chi connectivity index (χ1v) is 6.68. The number of nitrogens with zero attached hydrogens (tertiary/aromatic N) is 1. The van der Waals surface area contributed by atoms with Gasteiger partial charge in [0.2, 0.25) is 0 Å². The van der Waals surface area contributed by atoms with Crippen molar-refractivity contribution in [3.05, 3.63) is 47.1 Å². The normalized spacial score (nSPS) is 12.4. The molecule has 0 aliphatic rings. The maximum atomic E-state index is 14.0. The number of ether oxygens (including phenoxy) is 1. The molecule has 0 saturated carbocycles. The zero-order valence-electron chi connectivity index (χ0n) is 11.9. The summed E-state index contributed by atoms with van der Waals surface area (Å²) in [6.45, 7) is 6.84. The van der Waals surface area contributed by atoms with Crippen LogP contribution in [0.2, 0.25) is 0 Å². The van der Waals surface area contributed by atoms with E-state index in [9.17, 15) is 4.39 Å². The predicted octanol–water partition coefficient (Wildman–Crippen LogP) is 3.37. The number of benzene rings is 1. The van der Waals surface area contributed by atoms with Crippen molar-refractivity contribution in [1.29, 1.82) is 0 Å². The molecule has 1 aromatic heterocycles. The minimum Gasteiger partial charge on any atom is -0.482 e. The lowest BCUT2D eigenvalue weighted by Crippen LogP contribution is -2.17. The van der Waals surface area contributed by atoms with E-state index in [0.29, 0.717) is 5.76 Å². The van der Waals surface area contributed by atoms with E-state index < -0.39 is 0 Å². The molecule has 0 fully saturated rings. The zero-order chi connectivity index (χ0) is 14.5. The van der Waals surface area contributed by atoms with Gasteiger partial charge in [0.1, 0.15) is 6.61 Å². The minimum atomic E-state index is -0.372. The van der Waals surface area contributed by atoms with Crippen LogP contribution in [0.3, 0.4) is 0 Å². The Kier molecular flexibility index (Phi) is 4.74. The number of rotatable bonds is 6. The van der Waals surface area contributed by atoms with Gasteiger partial charge in [-0.2, -0.15) is 0 Å². The molecule has 5 heteroatoms. The Hall–Kier alpha value is -1.88. The van der Waals surface area contributed by atoms with Gasteiger partial charge in [0.15, 0.2) is 17.3 Å². The smallest absolute Gasteiger partial charge is 0.174 e. The highest BCUT2D eigenvalue weighted by Gasteiger charge is 2.10. The van der Waals surface area contributed by atoms with Gasteiger partial charge in [0.25, 0.3) is 0 Å². The molecule has 0 spiro atoms. The van der Waals surface area contributed by atoms with Gasteiger partial charge >= 0.3 is 0 Å². The van der Waals surface area contributed by atoms with Gasteiger partial charge in [-0.3, -0.25) is 0 Å². The lowest BCUT2D eigenvalue weighted by molar-refractivity contribution is 0.240. The molecular weight excluding hydrogens is 259 g/mol. The van der Waals surface area contributed by atoms with Crippen molar-refractivity contribution in [3.63, 3.8) is 0 Å².